The van der Waals surface area contributed by atoms with E-state index in [1.807, 2.05) is 0 Å². The number of carbonyl (C=O) groups is 1. The fraction of sp³-hybridized carbons (Fsp3) is 0.974. The van der Waals surface area contributed by atoms with Crippen LogP contribution in [0.15, 0.2) is 0 Å². The molecule has 400 valence electrons. The Morgan fingerprint density at radius 1 is 0.304 bits per heavy atom. The SMILES string of the molecule is CC(=O)O[C@@H]1[C@@H](O)[C@H]2O[C@H]3[C@H](O)[C@@H](O)[C@@H](O[C@H]4[C@H](O)[C@@H](O)[C@@H](O[C@H]5[C@H](O)[C@@H](O)[C@@H](O[C@H]6[C@H](O)[C@@H](O)[C@@H](O[C@H]7[C@H](O)[C@@H](O)[C@@H](O[C@H]1[C@@H](CO)O2)O[C@@H]7CO)O[C@@H]6CO)O[C@@H]5CO)O[C@@H]4CO)O[C@@H]3CO. The zero-order valence-electron chi connectivity index (χ0n) is 36.4. The van der Waals surface area contributed by atoms with Gasteiger partial charge in [-0.05, 0) is 0 Å². The molecule has 0 aliphatic carbocycles. The van der Waals surface area contributed by atoms with Gasteiger partial charge in [-0.1, -0.05) is 0 Å². The summed E-state index contributed by atoms with van der Waals surface area (Å²) in [6.07, 6.45) is -58.9. The van der Waals surface area contributed by atoms with Gasteiger partial charge < -0.3 is 148 Å². The van der Waals surface area contributed by atoms with E-state index in [2.05, 4.69) is 0 Å². The van der Waals surface area contributed by atoms with E-state index in [1.54, 1.807) is 0 Å². The predicted molar refractivity (Wildman–Crippen MR) is 205 cm³/mol. The van der Waals surface area contributed by atoms with Crippen LogP contribution in [0.2, 0.25) is 0 Å². The molecule has 31 nitrogen and oxygen atoms in total. The van der Waals surface area contributed by atoms with Gasteiger partial charge in [0.25, 0.3) is 0 Å². The number of aliphatic hydroxyl groups excluding tert-OH is 17. The monoisotopic (exact) mass is 1010 g/mol. The van der Waals surface area contributed by atoms with Crippen molar-refractivity contribution >= 4 is 5.97 Å². The van der Waals surface area contributed by atoms with Crippen LogP contribution in [0.4, 0.5) is 0 Å². The standard InChI is InChI=1S/C38H62O31/c1-8(45)57-32-25(56)38-63-14(7-44)31(32)69-37-24(55)19(50)29(12(5-42)62-37)67-35-22(53)17(48)27(10(3-40)60-35)65-33-20(51)15(46)26(9(2-39)58-33)64-34-21(52)16(47)28(11(4-41)59-34)66-36-23(54)18(49)30(68-38)13(6-43)61-36/h9-44,46-56H,2-7H2,1H3/t9-,10-,11-,12-,13-,14-,15-,16-,17-,18-,19-,20-,21-,22-,23-,24-,25-,26-,27-,28-,29-,30-,31+,32-,33-,34-,35-,36-,37-,38-/m1/s1. The minimum Gasteiger partial charge on any atom is -0.457 e. The number of carbonyl (C=O) groups excluding carboxylic acids is 1. The first kappa shape index (κ1) is 55.1. The summed E-state index contributed by atoms with van der Waals surface area (Å²) in [5.41, 5.74) is 0. The van der Waals surface area contributed by atoms with Crippen LogP contribution in [-0.2, 0) is 66.4 Å². The van der Waals surface area contributed by atoms with Crippen LogP contribution in [0.3, 0.4) is 0 Å². The largest absolute Gasteiger partial charge is 0.457 e. The number of hydrogen-bond acceptors (Lipinski definition) is 31. The molecule has 17 N–H and O–H groups in total. The van der Waals surface area contributed by atoms with Gasteiger partial charge in [0.2, 0.25) is 0 Å². The molecule has 31 heteroatoms. The van der Waals surface area contributed by atoms with Crippen molar-refractivity contribution in [2.24, 2.45) is 0 Å². The first-order valence-corrected chi connectivity index (χ1v) is 22.0. The first-order valence-electron chi connectivity index (χ1n) is 22.0. The van der Waals surface area contributed by atoms with E-state index in [0.29, 0.717) is 0 Å². The lowest BCUT2D eigenvalue weighted by molar-refractivity contribution is -0.404. The Hall–Kier alpha value is -1.69. The highest BCUT2D eigenvalue weighted by atomic mass is 16.8. The highest BCUT2D eigenvalue weighted by Crippen LogP contribution is 2.38. The van der Waals surface area contributed by atoms with Crippen LogP contribution in [0, 0.1) is 0 Å². The minimum absolute atomic E-state index is 0.919. The third kappa shape index (κ3) is 10.9. The van der Waals surface area contributed by atoms with Gasteiger partial charge in [-0.2, -0.15) is 0 Å². The quantitative estimate of drug-likeness (QED) is 0.105. The number of hydrogen-bond donors (Lipinski definition) is 17. The van der Waals surface area contributed by atoms with E-state index in [9.17, 15) is 91.6 Å². The van der Waals surface area contributed by atoms with Crippen molar-refractivity contribution in [2.75, 3.05) is 39.6 Å². The summed E-state index contributed by atoms with van der Waals surface area (Å²) in [6.45, 7) is -5.18. The molecule has 22 aliphatic heterocycles. The molecule has 30 atom stereocenters. The van der Waals surface area contributed by atoms with Crippen LogP contribution >= 0.6 is 0 Å². The normalized spacial score (nSPS) is 53.4. The Labute approximate surface area is 389 Å². The van der Waals surface area contributed by atoms with Gasteiger partial charge in [0, 0.05) is 6.92 Å². The molecule has 22 heterocycles. The maximum Gasteiger partial charge on any atom is 0.303 e. The molecule has 0 radical (unpaired) electrons. The predicted octanol–water partition coefficient (Wildman–Crippen LogP) is -12.5. The molecule has 0 amide bonds. The zero-order valence-corrected chi connectivity index (χ0v) is 36.4. The maximum absolute atomic E-state index is 12.4. The van der Waals surface area contributed by atoms with Gasteiger partial charge >= 0.3 is 5.97 Å². The maximum atomic E-state index is 12.4. The van der Waals surface area contributed by atoms with Crippen molar-refractivity contribution in [3.05, 3.63) is 0 Å². The summed E-state index contributed by atoms with van der Waals surface area (Å²) >= 11 is 0. The molecular formula is C38H62O31. The van der Waals surface area contributed by atoms with E-state index < -0.39 is 230 Å². The van der Waals surface area contributed by atoms with Crippen LogP contribution in [0.5, 0.6) is 0 Å². The average Bonchev–Trinajstić information content (AvgIpc) is 3.33. The van der Waals surface area contributed by atoms with Gasteiger partial charge in [0.05, 0.1) is 39.6 Å². The topological polar surface area (TPSA) is 481 Å². The molecule has 69 heavy (non-hydrogen) atoms. The summed E-state index contributed by atoms with van der Waals surface area (Å²) in [4.78, 5) is 12.4. The number of ether oxygens (including phenoxy) is 13. The smallest absolute Gasteiger partial charge is 0.303 e. The molecule has 12 bridgehead atoms. The first-order chi connectivity index (χ1) is 32.8. The average molecular weight is 1010 g/mol. The van der Waals surface area contributed by atoms with Gasteiger partial charge in [-0.15, -0.1) is 0 Å². The van der Waals surface area contributed by atoms with Gasteiger partial charge in [0.15, 0.2) is 43.8 Å². The highest BCUT2D eigenvalue weighted by molar-refractivity contribution is 5.66. The molecular weight excluding hydrogens is 952 g/mol. The van der Waals surface area contributed by atoms with E-state index >= 15 is 0 Å². The third-order valence-electron chi connectivity index (χ3n) is 12.9. The van der Waals surface area contributed by atoms with E-state index in [-0.39, 0.29) is 0 Å². The summed E-state index contributed by atoms with van der Waals surface area (Å²) in [5, 5.41) is 186. The van der Waals surface area contributed by atoms with Crippen LogP contribution < -0.4 is 0 Å². The Kier molecular flexibility index (Phi) is 18.6. The fourth-order valence-electron chi connectivity index (χ4n) is 9.24. The van der Waals surface area contributed by atoms with Crippen molar-refractivity contribution in [1.29, 1.82) is 0 Å². The second-order valence-corrected chi connectivity index (χ2v) is 17.4. The number of aliphatic hydroxyl groups is 17. The van der Waals surface area contributed by atoms with Crippen LogP contribution in [0.1, 0.15) is 6.92 Å². The number of esters is 1. The number of rotatable bonds is 7. The Bertz CT molecular complexity index is 1620. The molecule has 22 aliphatic rings. The summed E-state index contributed by atoms with van der Waals surface area (Å²) in [5.74, 6) is -1.05. The van der Waals surface area contributed by atoms with E-state index in [1.165, 1.54) is 0 Å². The third-order valence-corrected chi connectivity index (χ3v) is 12.9. The van der Waals surface area contributed by atoms with E-state index in [0.717, 1.165) is 6.92 Å². The molecule has 22 rings (SSSR count). The Morgan fingerprint density at radius 3 is 0.696 bits per heavy atom. The van der Waals surface area contributed by atoms with Crippen molar-refractivity contribution in [1.82, 2.24) is 0 Å². The Morgan fingerprint density at radius 2 is 0.493 bits per heavy atom. The van der Waals surface area contributed by atoms with Crippen molar-refractivity contribution in [3.8, 4) is 0 Å². The van der Waals surface area contributed by atoms with Crippen molar-refractivity contribution < 1.29 is 153 Å². The molecule has 0 unspecified atom stereocenters. The molecule has 0 aromatic carbocycles. The highest BCUT2D eigenvalue weighted by Gasteiger charge is 2.59. The summed E-state index contributed by atoms with van der Waals surface area (Å²) < 4.78 is 73.8. The zero-order chi connectivity index (χ0) is 50.3. The summed E-state index contributed by atoms with van der Waals surface area (Å²) in [6, 6.07) is 0. The molecule has 0 spiro atoms. The minimum atomic E-state index is -2.18. The lowest BCUT2D eigenvalue weighted by Gasteiger charge is -2.51. The van der Waals surface area contributed by atoms with Crippen LogP contribution in [-0.4, -0.2) is 317 Å². The molecule has 22 saturated heterocycles. The van der Waals surface area contributed by atoms with Crippen LogP contribution in [0.25, 0.3) is 0 Å². The van der Waals surface area contributed by atoms with Crippen molar-refractivity contribution in [2.45, 2.75) is 191 Å². The van der Waals surface area contributed by atoms with Gasteiger partial charge in [0.1, 0.15) is 140 Å². The molecule has 0 aromatic heterocycles. The Balaban J connectivity index is 1.22. The second kappa shape index (κ2) is 23.2. The van der Waals surface area contributed by atoms with Gasteiger partial charge in [-0.25, -0.2) is 0 Å². The molecule has 0 aromatic rings. The second-order valence-electron chi connectivity index (χ2n) is 17.4. The molecule has 0 saturated carbocycles. The molecule has 22 fully saturated rings. The van der Waals surface area contributed by atoms with Crippen molar-refractivity contribution in [3.63, 3.8) is 0 Å². The van der Waals surface area contributed by atoms with E-state index in [4.69, 9.17) is 61.6 Å². The lowest BCUT2D eigenvalue weighted by Crippen LogP contribution is -2.69. The van der Waals surface area contributed by atoms with Gasteiger partial charge in [-0.3, -0.25) is 4.79 Å². The summed E-state index contributed by atoms with van der Waals surface area (Å²) in [7, 11) is 0. The fourth-order valence-corrected chi connectivity index (χ4v) is 9.24. The lowest BCUT2D eigenvalue weighted by atomic mass is 9.94.